The Balaban J connectivity index is 2.41. The Labute approximate surface area is 107 Å². The summed E-state index contributed by atoms with van der Waals surface area (Å²) in [5.41, 5.74) is 5.55. The standard InChI is InChI=1S/C12H9N3O4/c1-6-9(16)10(17)12(19)15(14-6)8-4-2-7(3-5-8)11(13)18/h2-5H,1H3,(H2,13,18). The van der Waals surface area contributed by atoms with Crippen LogP contribution in [-0.4, -0.2) is 29.1 Å². The number of nitrogens with zero attached hydrogens (tertiary/aromatic N) is 2. The molecule has 7 nitrogen and oxygen atoms in total. The van der Waals surface area contributed by atoms with Gasteiger partial charge in [0.1, 0.15) is 5.71 Å². The lowest BCUT2D eigenvalue weighted by Gasteiger charge is -2.20. The van der Waals surface area contributed by atoms with E-state index in [1.165, 1.54) is 31.2 Å². The number of carbonyl (C=O) groups excluding carboxylic acids is 4. The van der Waals surface area contributed by atoms with E-state index >= 15 is 0 Å². The summed E-state index contributed by atoms with van der Waals surface area (Å²) in [6, 6.07) is 5.63. The summed E-state index contributed by atoms with van der Waals surface area (Å²) in [4.78, 5) is 45.2. The Morgan fingerprint density at radius 1 is 1.11 bits per heavy atom. The van der Waals surface area contributed by atoms with E-state index in [1.54, 1.807) is 0 Å². The molecule has 0 aromatic heterocycles. The number of benzene rings is 1. The number of ketones is 2. The van der Waals surface area contributed by atoms with E-state index in [2.05, 4.69) is 5.10 Å². The molecule has 0 saturated heterocycles. The van der Waals surface area contributed by atoms with Crippen LogP contribution in [0.25, 0.3) is 0 Å². The van der Waals surface area contributed by atoms with Crippen LogP contribution in [0, 0.1) is 0 Å². The fourth-order valence-corrected chi connectivity index (χ4v) is 1.54. The topological polar surface area (TPSA) is 110 Å². The highest BCUT2D eigenvalue weighted by Gasteiger charge is 2.35. The lowest BCUT2D eigenvalue weighted by Crippen LogP contribution is -2.44. The van der Waals surface area contributed by atoms with Crippen LogP contribution >= 0.6 is 0 Å². The van der Waals surface area contributed by atoms with Crippen molar-refractivity contribution in [3.05, 3.63) is 29.8 Å². The van der Waals surface area contributed by atoms with Crippen molar-refractivity contribution in [2.45, 2.75) is 6.92 Å². The molecule has 0 spiro atoms. The zero-order valence-electron chi connectivity index (χ0n) is 9.91. The van der Waals surface area contributed by atoms with Gasteiger partial charge in [-0.25, -0.2) is 0 Å². The summed E-state index contributed by atoms with van der Waals surface area (Å²) >= 11 is 0. The number of primary amides is 1. The Morgan fingerprint density at radius 3 is 2.21 bits per heavy atom. The maximum Gasteiger partial charge on any atom is 0.323 e. The lowest BCUT2D eigenvalue weighted by molar-refractivity contribution is -0.142. The first kappa shape index (κ1) is 12.6. The maximum absolute atomic E-state index is 11.7. The van der Waals surface area contributed by atoms with Crippen LogP contribution < -0.4 is 10.7 Å². The van der Waals surface area contributed by atoms with Gasteiger partial charge in [-0.1, -0.05) is 0 Å². The SMILES string of the molecule is CC1=NN(c2ccc(C(N)=O)cc2)C(=O)C(=O)C1=O. The van der Waals surface area contributed by atoms with E-state index in [9.17, 15) is 19.2 Å². The molecule has 19 heavy (non-hydrogen) atoms. The molecule has 2 amide bonds. The van der Waals surface area contributed by atoms with Gasteiger partial charge in [0, 0.05) is 5.56 Å². The number of carbonyl (C=O) groups is 4. The number of hydrogen-bond donors (Lipinski definition) is 1. The second kappa shape index (κ2) is 4.45. The molecule has 7 heteroatoms. The average molecular weight is 259 g/mol. The zero-order chi connectivity index (χ0) is 14.2. The number of hydrogen-bond acceptors (Lipinski definition) is 5. The second-order valence-electron chi connectivity index (χ2n) is 3.87. The van der Waals surface area contributed by atoms with Crippen LogP contribution in [0.3, 0.4) is 0 Å². The largest absolute Gasteiger partial charge is 0.366 e. The van der Waals surface area contributed by atoms with Crippen LogP contribution in [0.1, 0.15) is 17.3 Å². The normalized spacial score (nSPS) is 15.5. The van der Waals surface area contributed by atoms with Crippen molar-refractivity contribution in [2.75, 3.05) is 5.01 Å². The highest BCUT2D eigenvalue weighted by molar-refractivity contribution is 6.81. The summed E-state index contributed by atoms with van der Waals surface area (Å²) in [5.74, 6) is -3.67. The number of anilines is 1. The summed E-state index contributed by atoms with van der Waals surface area (Å²) in [7, 11) is 0. The summed E-state index contributed by atoms with van der Waals surface area (Å²) < 4.78 is 0. The van der Waals surface area contributed by atoms with Gasteiger partial charge in [0.05, 0.1) is 5.69 Å². The minimum Gasteiger partial charge on any atom is -0.366 e. The molecular formula is C12H9N3O4. The molecule has 0 atom stereocenters. The van der Waals surface area contributed by atoms with Gasteiger partial charge < -0.3 is 5.73 Å². The van der Waals surface area contributed by atoms with Crippen molar-refractivity contribution >= 4 is 34.8 Å². The van der Waals surface area contributed by atoms with Gasteiger partial charge in [-0.05, 0) is 31.2 Å². The predicted molar refractivity (Wildman–Crippen MR) is 65.6 cm³/mol. The van der Waals surface area contributed by atoms with Crippen molar-refractivity contribution in [2.24, 2.45) is 10.8 Å². The fourth-order valence-electron chi connectivity index (χ4n) is 1.54. The summed E-state index contributed by atoms with van der Waals surface area (Å²) in [6.45, 7) is 1.34. The molecule has 2 N–H and O–H groups in total. The number of rotatable bonds is 2. The maximum atomic E-state index is 11.7. The molecule has 1 aliphatic rings. The molecule has 0 aliphatic carbocycles. The number of Topliss-reactive ketones (excluding diaryl/α,β-unsaturated/α-hetero) is 2. The molecule has 1 aliphatic heterocycles. The first-order valence-electron chi connectivity index (χ1n) is 5.30. The Bertz CT molecular complexity index is 631. The quantitative estimate of drug-likeness (QED) is 0.731. The van der Waals surface area contributed by atoms with E-state index in [0.717, 1.165) is 5.01 Å². The third-order valence-electron chi connectivity index (χ3n) is 2.57. The lowest BCUT2D eigenvalue weighted by atomic mass is 10.1. The first-order valence-corrected chi connectivity index (χ1v) is 5.30. The van der Waals surface area contributed by atoms with Gasteiger partial charge in [0.2, 0.25) is 5.91 Å². The van der Waals surface area contributed by atoms with Crippen molar-refractivity contribution in [1.82, 2.24) is 0 Å². The van der Waals surface area contributed by atoms with Crippen molar-refractivity contribution in [3.63, 3.8) is 0 Å². The Morgan fingerprint density at radius 2 is 1.68 bits per heavy atom. The van der Waals surface area contributed by atoms with Crippen molar-refractivity contribution in [3.8, 4) is 0 Å². The van der Waals surface area contributed by atoms with Gasteiger partial charge in [-0.3, -0.25) is 19.2 Å². The number of hydrazone groups is 1. The van der Waals surface area contributed by atoms with Crippen molar-refractivity contribution in [1.29, 1.82) is 0 Å². The van der Waals surface area contributed by atoms with E-state index in [-0.39, 0.29) is 17.0 Å². The fraction of sp³-hybridized carbons (Fsp3) is 0.0833. The monoisotopic (exact) mass is 259 g/mol. The molecular weight excluding hydrogens is 250 g/mol. The van der Waals surface area contributed by atoms with E-state index < -0.39 is 23.4 Å². The highest BCUT2D eigenvalue weighted by atomic mass is 16.2. The van der Waals surface area contributed by atoms with Crippen LogP contribution in [0.15, 0.2) is 29.4 Å². The molecule has 1 aromatic carbocycles. The summed E-state index contributed by atoms with van der Waals surface area (Å²) in [6.07, 6.45) is 0. The summed E-state index contributed by atoms with van der Waals surface area (Å²) in [5, 5.41) is 4.58. The predicted octanol–water partition coefficient (Wildman–Crippen LogP) is -0.354. The van der Waals surface area contributed by atoms with E-state index in [4.69, 9.17) is 5.73 Å². The molecule has 1 heterocycles. The Hall–Kier alpha value is -2.83. The molecule has 0 fully saturated rings. The van der Waals surface area contributed by atoms with Gasteiger partial charge >= 0.3 is 5.91 Å². The van der Waals surface area contributed by atoms with Crippen LogP contribution in [0.4, 0.5) is 5.69 Å². The van der Waals surface area contributed by atoms with Crippen LogP contribution in [-0.2, 0) is 14.4 Å². The molecule has 1 aromatic rings. The van der Waals surface area contributed by atoms with E-state index in [1.807, 2.05) is 0 Å². The first-order chi connectivity index (χ1) is 8.91. The Kier molecular flexibility index (Phi) is 2.95. The second-order valence-corrected chi connectivity index (χ2v) is 3.87. The molecule has 0 unspecified atom stereocenters. The van der Waals surface area contributed by atoms with Gasteiger partial charge in [0.25, 0.3) is 11.6 Å². The van der Waals surface area contributed by atoms with Gasteiger partial charge in [-0.2, -0.15) is 10.1 Å². The smallest absolute Gasteiger partial charge is 0.323 e. The molecule has 0 radical (unpaired) electrons. The minimum absolute atomic E-state index is 0.0661. The molecule has 0 bridgehead atoms. The third kappa shape index (κ3) is 2.13. The number of amides is 2. The average Bonchev–Trinajstić information content (AvgIpc) is 2.40. The van der Waals surface area contributed by atoms with Crippen LogP contribution in [0.2, 0.25) is 0 Å². The molecule has 96 valence electrons. The van der Waals surface area contributed by atoms with Gasteiger partial charge in [-0.15, -0.1) is 0 Å². The molecule has 2 rings (SSSR count). The minimum atomic E-state index is -1.13. The highest BCUT2D eigenvalue weighted by Crippen LogP contribution is 2.18. The third-order valence-corrected chi connectivity index (χ3v) is 2.57. The molecule has 0 saturated carbocycles. The van der Waals surface area contributed by atoms with Gasteiger partial charge in [0.15, 0.2) is 0 Å². The number of nitrogens with two attached hydrogens (primary N) is 1. The zero-order valence-corrected chi connectivity index (χ0v) is 9.91. The van der Waals surface area contributed by atoms with Crippen molar-refractivity contribution < 1.29 is 19.2 Å². The van der Waals surface area contributed by atoms with E-state index in [0.29, 0.717) is 0 Å². The van der Waals surface area contributed by atoms with Crippen LogP contribution in [0.5, 0.6) is 0 Å².